The Bertz CT molecular complexity index is 597. The van der Waals surface area contributed by atoms with E-state index in [1.54, 1.807) is 24.0 Å². The van der Waals surface area contributed by atoms with E-state index >= 15 is 0 Å². The van der Waals surface area contributed by atoms with Gasteiger partial charge in [-0.05, 0) is 35.8 Å². The van der Waals surface area contributed by atoms with Crippen LogP contribution >= 0.6 is 0 Å². The molecule has 0 bridgehead atoms. The zero-order chi connectivity index (χ0) is 12.8. The van der Waals surface area contributed by atoms with Crippen LogP contribution in [0.1, 0.15) is 19.3 Å². The number of aryl methyl sites for hydroxylation is 1. The highest BCUT2D eigenvalue weighted by atomic mass is 16.4. The van der Waals surface area contributed by atoms with Crippen molar-refractivity contribution in [2.45, 2.75) is 24.8 Å². The predicted molar refractivity (Wildman–Crippen MR) is 59.5 cm³/mol. The summed E-state index contributed by atoms with van der Waals surface area (Å²) < 4.78 is 3.02. The van der Waals surface area contributed by atoms with Crippen LogP contribution in [0.3, 0.4) is 0 Å². The van der Waals surface area contributed by atoms with Crippen LogP contribution in [0.2, 0.25) is 0 Å². The summed E-state index contributed by atoms with van der Waals surface area (Å²) in [6, 6.07) is 1.76. The zero-order valence-corrected chi connectivity index (χ0v) is 9.81. The van der Waals surface area contributed by atoms with Gasteiger partial charge < -0.3 is 5.11 Å². The van der Waals surface area contributed by atoms with Crippen molar-refractivity contribution in [3.8, 4) is 11.5 Å². The molecule has 8 nitrogen and oxygen atoms in total. The molecule has 3 rings (SSSR count). The fourth-order valence-electron chi connectivity index (χ4n) is 2.20. The van der Waals surface area contributed by atoms with Crippen LogP contribution < -0.4 is 0 Å². The highest BCUT2D eigenvalue weighted by Gasteiger charge is 2.49. The first kappa shape index (κ1) is 10.9. The second-order valence-electron chi connectivity index (χ2n) is 4.48. The Morgan fingerprint density at radius 3 is 2.78 bits per heavy atom. The van der Waals surface area contributed by atoms with Gasteiger partial charge in [0.2, 0.25) is 5.82 Å². The van der Waals surface area contributed by atoms with Gasteiger partial charge in [-0.2, -0.15) is 5.10 Å². The molecule has 1 fully saturated rings. The van der Waals surface area contributed by atoms with Gasteiger partial charge in [0, 0.05) is 13.2 Å². The second-order valence-corrected chi connectivity index (χ2v) is 4.48. The summed E-state index contributed by atoms with van der Waals surface area (Å²) in [5, 5.41) is 24.9. The van der Waals surface area contributed by atoms with Crippen LogP contribution in [0.15, 0.2) is 12.3 Å². The van der Waals surface area contributed by atoms with Gasteiger partial charge in [0.25, 0.3) is 0 Å². The van der Waals surface area contributed by atoms with Crippen molar-refractivity contribution >= 4 is 5.97 Å². The van der Waals surface area contributed by atoms with Crippen molar-refractivity contribution in [2.75, 3.05) is 0 Å². The molecule has 1 aliphatic carbocycles. The number of tetrazole rings is 1. The molecule has 1 N–H and O–H groups in total. The maximum atomic E-state index is 11.4. The molecule has 0 radical (unpaired) electrons. The van der Waals surface area contributed by atoms with E-state index in [4.69, 9.17) is 0 Å². The van der Waals surface area contributed by atoms with Crippen LogP contribution in [-0.2, 0) is 17.4 Å². The summed E-state index contributed by atoms with van der Waals surface area (Å²) in [4.78, 5) is 11.4. The molecule has 1 aliphatic rings. The zero-order valence-electron chi connectivity index (χ0n) is 9.81. The molecular formula is C10H12N6O2. The van der Waals surface area contributed by atoms with Crippen molar-refractivity contribution in [3.63, 3.8) is 0 Å². The third kappa shape index (κ3) is 1.35. The molecule has 8 heteroatoms. The van der Waals surface area contributed by atoms with E-state index in [-0.39, 0.29) is 0 Å². The number of carboxylic acid groups (broad SMARTS) is 1. The van der Waals surface area contributed by atoms with Crippen LogP contribution in [0.25, 0.3) is 11.5 Å². The topological polar surface area (TPSA) is 98.7 Å². The molecular weight excluding hydrogens is 236 g/mol. The second kappa shape index (κ2) is 3.62. The first-order chi connectivity index (χ1) is 8.63. The summed E-state index contributed by atoms with van der Waals surface area (Å²) in [5.74, 6) is -0.490. The highest BCUT2D eigenvalue weighted by Crippen LogP contribution is 2.40. The van der Waals surface area contributed by atoms with Crippen molar-refractivity contribution in [1.29, 1.82) is 0 Å². The molecule has 0 unspecified atom stereocenters. The van der Waals surface area contributed by atoms with E-state index in [1.165, 1.54) is 4.68 Å². The van der Waals surface area contributed by atoms with Gasteiger partial charge in [-0.25, -0.2) is 9.48 Å². The molecule has 94 valence electrons. The predicted octanol–water partition coefficient (Wildman–Crippen LogP) is 0.0374. The number of nitrogens with zero attached hydrogens (tertiary/aromatic N) is 6. The van der Waals surface area contributed by atoms with Gasteiger partial charge in [0.15, 0.2) is 5.54 Å². The maximum absolute atomic E-state index is 11.4. The van der Waals surface area contributed by atoms with E-state index in [0.29, 0.717) is 24.4 Å². The smallest absolute Gasteiger partial charge is 0.331 e. The number of carbonyl (C=O) groups is 1. The Morgan fingerprint density at radius 2 is 2.28 bits per heavy atom. The van der Waals surface area contributed by atoms with Crippen molar-refractivity contribution in [1.82, 2.24) is 30.0 Å². The van der Waals surface area contributed by atoms with E-state index in [2.05, 4.69) is 20.6 Å². The Labute approximate surface area is 102 Å². The quantitative estimate of drug-likeness (QED) is 0.823. The lowest BCUT2D eigenvalue weighted by Gasteiger charge is -2.37. The van der Waals surface area contributed by atoms with Gasteiger partial charge >= 0.3 is 5.97 Å². The molecule has 0 aromatic carbocycles. The van der Waals surface area contributed by atoms with Crippen molar-refractivity contribution in [2.24, 2.45) is 7.05 Å². The van der Waals surface area contributed by atoms with E-state index in [1.807, 2.05) is 0 Å². The molecule has 2 aromatic heterocycles. The first-order valence-electron chi connectivity index (χ1n) is 5.66. The number of aromatic nitrogens is 6. The van der Waals surface area contributed by atoms with Gasteiger partial charge in [-0.1, -0.05) is 0 Å². The van der Waals surface area contributed by atoms with E-state index in [9.17, 15) is 9.90 Å². The molecule has 0 aliphatic heterocycles. The fraction of sp³-hybridized carbons (Fsp3) is 0.500. The maximum Gasteiger partial charge on any atom is 0.331 e. The lowest BCUT2D eigenvalue weighted by Crippen LogP contribution is -2.48. The molecule has 2 aromatic rings. The number of hydrogen-bond donors (Lipinski definition) is 1. The third-order valence-electron chi connectivity index (χ3n) is 3.40. The number of hydrogen-bond acceptors (Lipinski definition) is 5. The minimum absolute atomic E-state index is 0.401. The molecule has 2 heterocycles. The summed E-state index contributed by atoms with van der Waals surface area (Å²) in [6.45, 7) is 0. The SMILES string of the molecule is Cn1ccc(-c2nnnn2C2(C(=O)O)CCC2)n1. The lowest BCUT2D eigenvalue weighted by atomic mass is 9.77. The minimum Gasteiger partial charge on any atom is -0.479 e. The molecule has 18 heavy (non-hydrogen) atoms. The number of aliphatic carboxylic acids is 1. The van der Waals surface area contributed by atoms with Gasteiger partial charge in [-0.15, -0.1) is 5.10 Å². The van der Waals surface area contributed by atoms with Crippen LogP contribution in [0, 0.1) is 0 Å². The Morgan fingerprint density at radius 1 is 1.50 bits per heavy atom. The Kier molecular flexibility index (Phi) is 2.19. The van der Waals surface area contributed by atoms with Crippen molar-refractivity contribution < 1.29 is 9.90 Å². The number of carboxylic acids is 1. The van der Waals surface area contributed by atoms with Gasteiger partial charge in [0.1, 0.15) is 5.69 Å². The summed E-state index contributed by atoms with van der Waals surface area (Å²) in [5.41, 5.74) is -0.425. The normalized spacial score (nSPS) is 17.4. The molecule has 1 saturated carbocycles. The minimum atomic E-state index is -1.00. The van der Waals surface area contributed by atoms with Crippen LogP contribution in [-0.4, -0.2) is 41.1 Å². The highest BCUT2D eigenvalue weighted by molar-refractivity contribution is 5.78. The largest absolute Gasteiger partial charge is 0.479 e. The monoisotopic (exact) mass is 248 g/mol. The van der Waals surface area contributed by atoms with Gasteiger partial charge in [-0.3, -0.25) is 4.68 Å². The molecule has 0 amide bonds. The average Bonchev–Trinajstić information content (AvgIpc) is 2.84. The average molecular weight is 248 g/mol. The third-order valence-corrected chi connectivity index (χ3v) is 3.40. The van der Waals surface area contributed by atoms with Crippen LogP contribution in [0.5, 0.6) is 0 Å². The van der Waals surface area contributed by atoms with Gasteiger partial charge in [0.05, 0.1) is 0 Å². The number of rotatable bonds is 3. The first-order valence-corrected chi connectivity index (χ1v) is 5.66. The molecule has 0 saturated heterocycles. The lowest BCUT2D eigenvalue weighted by molar-refractivity contribution is -0.153. The van der Waals surface area contributed by atoms with Crippen molar-refractivity contribution in [3.05, 3.63) is 12.3 Å². The van der Waals surface area contributed by atoms with E-state index < -0.39 is 11.5 Å². The van der Waals surface area contributed by atoms with Crippen LogP contribution in [0.4, 0.5) is 0 Å². The van der Waals surface area contributed by atoms with E-state index in [0.717, 1.165) is 6.42 Å². The summed E-state index contributed by atoms with van der Waals surface area (Å²) in [6.07, 6.45) is 3.73. The molecule has 0 spiro atoms. The Hall–Kier alpha value is -2.25. The fourth-order valence-corrected chi connectivity index (χ4v) is 2.20. The standard InChI is InChI=1S/C10H12N6O2/c1-15-6-3-7(12-15)8-11-13-14-16(8)10(9(17)18)4-2-5-10/h3,6H,2,4-5H2,1H3,(H,17,18). The summed E-state index contributed by atoms with van der Waals surface area (Å²) in [7, 11) is 1.79. The summed E-state index contributed by atoms with van der Waals surface area (Å²) >= 11 is 0. The molecule has 0 atom stereocenters. The Balaban J connectivity index is 2.09.